The maximum Gasteiger partial charge on any atom is 0.255 e. The number of nitrogens with zero attached hydrogens (tertiary/aromatic N) is 1. The lowest BCUT2D eigenvalue weighted by atomic mass is 9.91. The van der Waals surface area contributed by atoms with E-state index in [9.17, 15) is 9.59 Å². The van der Waals surface area contributed by atoms with Gasteiger partial charge in [0, 0.05) is 25.6 Å². The smallest absolute Gasteiger partial charge is 0.255 e. The van der Waals surface area contributed by atoms with Crippen LogP contribution in [-0.2, 0) is 4.79 Å². The average Bonchev–Trinajstić information content (AvgIpc) is 3.37. The fourth-order valence-electron chi connectivity index (χ4n) is 3.09. The van der Waals surface area contributed by atoms with Gasteiger partial charge < -0.3 is 10.2 Å². The molecule has 1 aliphatic heterocycles. The van der Waals surface area contributed by atoms with Crippen molar-refractivity contribution >= 4 is 23.4 Å². The molecule has 3 rings (SSSR count). The number of amides is 2. The Morgan fingerprint density at radius 1 is 1.13 bits per heavy atom. The van der Waals surface area contributed by atoms with Crippen LogP contribution >= 0.6 is 11.6 Å². The molecule has 124 valence electrons. The van der Waals surface area contributed by atoms with E-state index >= 15 is 0 Å². The molecule has 1 aromatic rings. The Hall–Kier alpha value is -1.55. The summed E-state index contributed by atoms with van der Waals surface area (Å²) in [6, 6.07) is 7.64. The molecule has 5 heteroatoms. The summed E-state index contributed by atoms with van der Waals surface area (Å²) in [6.07, 6.45) is 5.73. The lowest BCUT2D eigenvalue weighted by Gasteiger charge is -2.32. The lowest BCUT2D eigenvalue weighted by Crippen LogP contribution is -2.38. The van der Waals surface area contributed by atoms with E-state index in [1.807, 2.05) is 17.0 Å². The Bertz CT molecular complexity index is 578. The molecule has 0 spiro atoms. The molecule has 1 N–H and O–H groups in total. The maximum atomic E-state index is 12.5. The van der Waals surface area contributed by atoms with Crippen molar-refractivity contribution in [1.29, 1.82) is 0 Å². The second kappa shape index (κ2) is 7.35. The predicted molar refractivity (Wildman–Crippen MR) is 90.5 cm³/mol. The van der Waals surface area contributed by atoms with Crippen molar-refractivity contribution in [1.82, 2.24) is 10.2 Å². The van der Waals surface area contributed by atoms with Gasteiger partial charge in [0.05, 0.1) is 10.6 Å². The number of hydrogen-bond donors (Lipinski definition) is 1. The molecule has 1 aliphatic carbocycles. The van der Waals surface area contributed by atoms with Crippen molar-refractivity contribution in [2.75, 3.05) is 13.1 Å². The van der Waals surface area contributed by atoms with Crippen LogP contribution in [0.2, 0.25) is 5.02 Å². The quantitative estimate of drug-likeness (QED) is 0.898. The minimum atomic E-state index is 0.0144. The van der Waals surface area contributed by atoms with Gasteiger partial charge in [-0.25, -0.2) is 0 Å². The van der Waals surface area contributed by atoms with Gasteiger partial charge in [0.2, 0.25) is 5.91 Å². The summed E-state index contributed by atoms with van der Waals surface area (Å²) in [5, 5.41) is 3.54. The molecule has 1 aromatic carbocycles. The zero-order chi connectivity index (χ0) is 16.2. The van der Waals surface area contributed by atoms with Crippen LogP contribution in [0.15, 0.2) is 24.3 Å². The summed E-state index contributed by atoms with van der Waals surface area (Å²) in [5.41, 5.74) is 0.580. The van der Waals surface area contributed by atoms with Gasteiger partial charge in [-0.3, -0.25) is 9.59 Å². The van der Waals surface area contributed by atoms with Gasteiger partial charge in [0.25, 0.3) is 5.91 Å². The Morgan fingerprint density at radius 2 is 1.83 bits per heavy atom. The van der Waals surface area contributed by atoms with Crippen molar-refractivity contribution in [3.63, 3.8) is 0 Å². The number of nitrogens with one attached hydrogen (secondary N) is 1. The highest BCUT2D eigenvalue weighted by Gasteiger charge is 2.26. The van der Waals surface area contributed by atoms with E-state index in [-0.39, 0.29) is 11.8 Å². The van der Waals surface area contributed by atoms with Crippen molar-refractivity contribution in [2.24, 2.45) is 5.92 Å². The van der Waals surface area contributed by atoms with Gasteiger partial charge >= 0.3 is 0 Å². The number of halogens is 1. The largest absolute Gasteiger partial charge is 0.353 e. The van der Waals surface area contributed by atoms with Gasteiger partial charge in [0.15, 0.2) is 0 Å². The van der Waals surface area contributed by atoms with Crippen LogP contribution in [-0.4, -0.2) is 35.8 Å². The molecule has 2 aliphatic rings. The first-order valence-electron chi connectivity index (χ1n) is 8.46. The molecule has 1 saturated heterocycles. The molecule has 0 radical (unpaired) electrons. The molecule has 2 fully saturated rings. The summed E-state index contributed by atoms with van der Waals surface area (Å²) in [7, 11) is 0. The minimum Gasteiger partial charge on any atom is -0.353 e. The second-order valence-electron chi connectivity index (χ2n) is 6.60. The van der Waals surface area contributed by atoms with Gasteiger partial charge in [-0.2, -0.15) is 0 Å². The molecule has 23 heavy (non-hydrogen) atoms. The van der Waals surface area contributed by atoms with Crippen LogP contribution in [0, 0.1) is 5.92 Å². The normalized spacial score (nSPS) is 18.7. The van der Waals surface area contributed by atoms with Gasteiger partial charge in [0.1, 0.15) is 0 Å². The number of carbonyl (C=O) groups is 2. The Balaban J connectivity index is 1.43. The summed E-state index contributed by atoms with van der Waals surface area (Å²) >= 11 is 6.11. The van der Waals surface area contributed by atoms with Gasteiger partial charge in [-0.05, 0) is 50.2 Å². The Kier molecular flexibility index (Phi) is 5.21. The van der Waals surface area contributed by atoms with Crippen LogP contribution in [0.5, 0.6) is 0 Å². The van der Waals surface area contributed by atoms with E-state index in [0.29, 0.717) is 29.0 Å². The van der Waals surface area contributed by atoms with Gasteiger partial charge in [-0.1, -0.05) is 23.7 Å². The fraction of sp³-hybridized carbons (Fsp3) is 0.556. The highest BCUT2D eigenvalue weighted by atomic mass is 35.5. The maximum absolute atomic E-state index is 12.5. The zero-order valence-corrected chi connectivity index (χ0v) is 14.0. The standard InChI is InChI=1S/C18H23ClN2O2/c19-16-4-2-1-3-15(16)18(23)21-11-9-13(10-12-21)5-8-17(22)20-14-6-7-14/h1-4,13-14H,5-12H2,(H,20,22). The molecule has 1 heterocycles. The Labute approximate surface area is 142 Å². The second-order valence-corrected chi connectivity index (χ2v) is 7.00. The van der Waals surface area contributed by atoms with E-state index in [1.54, 1.807) is 12.1 Å². The molecule has 0 aromatic heterocycles. The topological polar surface area (TPSA) is 49.4 Å². The van der Waals surface area contributed by atoms with Crippen LogP contribution in [0.25, 0.3) is 0 Å². The molecule has 0 bridgehead atoms. The first-order chi connectivity index (χ1) is 11.1. The molecule has 0 atom stereocenters. The van der Waals surface area contributed by atoms with Crippen molar-refractivity contribution in [2.45, 2.75) is 44.6 Å². The third-order valence-electron chi connectivity index (χ3n) is 4.73. The number of rotatable bonds is 5. The molecule has 1 saturated carbocycles. The van der Waals surface area contributed by atoms with E-state index in [0.717, 1.165) is 45.2 Å². The van der Waals surface area contributed by atoms with Crippen LogP contribution < -0.4 is 5.32 Å². The SMILES string of the molecule is O=C(CCC1CCN(C(=O)c2ccccc2Cl)CC1)NC1CC1. The first-order valence-corrected chi connectivity index (χ1v) is 8.84. The Morgan fingerprint density at radius 3 is 2.48 bits per heavy atom. The summed E-state index contributed by atoms with van der Waals surface area (Å²) in [6.45, 7) is 1.50. The zero-order valence-electron chi connectivity index (χ0n) is 13.3. The van der Waals surface area contributed by atoms with Crippen molar-refractivity contribution in [3.05, 3.63) is 34.9 Å². The molecule has 4 nitrogen and oxygen atoms in total. The van der Waals surface area contributed by atoms with Crippen LogP contribution in [0.3, 0.4) is 0 Å². The lowest BCUT2D eigenvalue weighted by molar-refractivity contribution is -0.121. The van der Waals surface area contributed by atoms with Crippen molar-refractivity contribution in [3.8, 4) is 0 Å². The molecular weight excluding hydrogens is 312 g/mol. The number of hydrogen-bond acceptors (Lipinski definition) is 2. The average molecular weight is 335 g/mol. The summed E-state index contributed by atoms with van der Waals surface area (Å²) < 4.78 is 0. The van der Waals surface area contributed by atoms with Crippen LogP contribution in [0.4, 0.5) is 0 Å². The van der Waals surface area contributed by atoms with E-state index in [2.05, 4.69) is 5.32 Å². The summed E-state index contributed by atoms with van der Waals surface area (Å²) in [5.74, 6) is 0.734. The van der Waals surface area contributed by atoms with E-state index < -0.39 is 0 Å². The molecule has 0 unspecified atom stereocenters. The first kappa shape index (κ1) is 16.3. The predicted octanol–water partition coefficient (Wildman–Crippen LogP) is 3.25. The minimum absolute atomic E-state index is 0.0144. The monoisotopic (exact) mass is 334 g/mol. The number of carbonyl (C=O) groups excluding carboxylic acids is 2. The van der Waals surface area contributed by atoms with Crippen molar-refractivity contribution < 1.29 is 9.59 Å². The number of likely N-dealkylation sites (tertiary alicyclic amines) is 1. The van der Waals surface area contributed by atoms with Gasteiger partial charge in [-0.15, -0.1) is 0 Å². The molecular formula is C18H23ClN2O2. The molecule has 2 amide bonds. The third-order valence-corrected chi connectivity index (χ3v) is 5.06. The number of piperidine rings is 1. The number of benzene rings is 1. The fourth-order valence-corrected chi connectivity index (χ4v) is 3.31. The highest BCUT2D eigenvalue weighted by molar-refractivity contribution is 6.33. The van der Waals surface area contributed by atoms with Crippen LogP contribution in [0.1, 0.15) is 48.9 Å². The highest BCUT2D eigenvalue weighted by Crippen LogP contribution is 2.25. The van der Waals surface area contributed by atoms with E-state index in [4.69, 9.17) is 11.6 Å². The summed E-state index contributed by atoms with van der Waals surface area (Å²) in [4.78, 5) is 26.1. The van der Waals surface area contributed by atoms with E-state index in [1.165, 1.54) is 0 Å². The third kappa shape index (κ3) is 4.47.